The number of para-hydroxylation sites is 1. The zero-order valence-corrected chi connectivity index (χ0v) is 37.4. The molecule has 0 aliphatic heterocycles. The fourth-order valence-electron chi connectivity index (χ4n) is 8.55. The monoisotopic (exact) mass is 930 g/mol. The molecule has 0 N–H and O–H groups in total. The van der Waals surface area contributed by atoms with Crippen molar-refractivity contribution < 1.29 is 0 Å². The molecule has 0 unspecified atom stereocenters. The highest BCUT2D eigenvalue weighted by Crippen LogP contribution is 2.39. The number of halogens is 1. The van der Waals surface area contributed by atoms with Crippen LogP contribution >= 0.6 is 22.6 Å². The van der Waals surface area contributed by atoms with Crippen molar-refractivity contribution in [1.29, 1.82) is 0 Å². The summed E-state index contributed by atoms with van der Waals surface area (Å²) in [5.74, 6) is 0. The number of nitrogens with zero attached hydrogens (tertiary/aromatic N) is 2. The number of hydrogen-bond acceptors (Lipinski definition) is 2. The van der Waals surface area contributed by atoms with Gasteiger partial charge in [0.1, 0.15) is 0 Å². The lowest BCUT2D eigenvalue weighted by molar-refractivity contribution is 1.38. The Morgan fingerprint density at radius 2 is 1.00 bits per heavy atom. The number of allylic oxidation sites excluding steroid dienone is 3. The summed E-state index contributed by atoms with van der Waals surface area (Å²) in [7, 11) is 0. The van der Waals surface area contributed by atoms with Crippen molar-refractivity contribution >= 4 is 61.2 Å². The van der Waals surface area contributed by atoms with Gasteiger partial charge in [-0.2, -0.15) is 0 Å². The molecule has 0 saturated heterocycles. The van der Waals surface area contributed by atoms with Crippen LogP contribution in [0.15, 0.2) is 252 Å². The Bertz CT molecular complexity index is 3260. The minimum absolute atomic E-state index is 0.620. The number of aliphatic imine (C=N–C) groups is 1. The summed E-state index contributed by atoms with van der Waals surface area (Å²) in [5, 5.41) is 3.53. The zero-order chi connectivity index (χ0) is 43.2. The van der Waals surface area contributed by atoms with Crippen LogP contribution in [0.3, 0.4) is 0 Å². The van der Waals surface area contributed by atoms with Crippen LogP contribution in [-0.2, 0) is 0 Å². The van der Waals surface area contributed by atoms with Crippen molar-refractivity contribution in [2.75, 3.05) is 0 Å². The smallest absolute Gasteiger partial charge is 0.0722 e. The van der Waals surface area contributed by atoms with E-state index in [4.69, 9.17) is 9.98 Å². The summed E-state index contributed by atoms with van der Waals surface area (Å²) in [4.78, 5) is 10.4. The van der Waals surface area contributed by atoms with E-state index in [1.165, 1.54) is 44.2 Å². The summed E-state index contributed by atoms with van der Waals surface area (Å²) < 4.78 is 0.976. The van der Waals surface area contributed by atoms with Gasteiger partial charge in [-0.3, -0.25) is 4.99 Å². The molecule has 0 spiro atoms. The number of aromatic nitrogens is 1. The molecule has 3 heteroatoms. The molecule has 0 radical (unpaired) electrons. The maximum absolute atomic E-state index is 5.25. The standard InChI is InChI=1S/C61H43IN2/c1-42(62)55(53-39-51(43-17-7-2-8-18-43)38-52(40-53)44-19-9-3-10-20-44)34-36-58(63-54-25-15-6-16-26-54)48-29-27-45(28-30-48)49-31-33-56-50(37-49)32-35-59-61(56)57(46-21-11-4-12-22-46)41-60(64-59)47-23-13-5-14-24-47/h2-35,37-41H,1,36H2/b55-34-,63-58?. The molecule has 10 aromatic rings. The van der Waals surface area contributed by atoms with Gasteiger partial charge in [-0.15, -0.1) is 0 Å². The van der Waals surface area contributed by atoms with Crippen LogP contribution < -0.4 is 0 Å². The van der Waals surface area contributed by atoms with Gasteiger partial charge in [-0.1, -0.05) is 195 Å². The Morgan fingerprint density at radius 1 is 0.469 bits per heavy atom. The summed E-state index contributed by atoms with van der Waals surface area (Å²) in [6.45, 7) is 4.47. The molecule has 0 aliphatic rings. The van der Waals surface area contributed by atoms with E-state index in [0.29, 0.717) is 6.42 Å². The number of hydrogen-bond donors (Lipinski definition) is 0. The Labute approximate surface area is 388 Å². The molecule has 1 heterocycles. The number of rotatable bonds is 11. The highest BCUT2D eigenvalue weighted by Gasteiger charge is 2.15. The molecule has 0 bridgehead atoms. The molecule has 64 heavy (non-hydrogen) atoms. The van der Waals surface area contributed by atoms with Crippen LogP contribution in [0.4, 0.5) is 5.69 Å². The van der Waals surface area contributed by atoms with E-state index in [1.54, 1.807) is 0 Å². The zero-order valence-electron chi connectivity index (χ0n) is 35.2. The Balaban J connectivity index is 1.01. The van der Waals surface area contributed by atoms with Gasteiger partial charge in [0, 0.05) is 21.0 Å². The van der Waals surface area contributed by atoms with Gasteiger partial charge >= 0.3 is 0 Å². The van der Waals surface area contributed by atoms with E-state index >= 15 is 0 Å². The van der Waals surface area contributed by atoms with E-state index in [-0.39, 0.29) is 0 Å². The quantitative estimate of drug-likeness (QED) is 0.0549. The fraction of sp³-hybridized carbons (Fsp3) is 0.0164. The first-order chi connectivity index (χ1) is 31.5. The lowest BCUT2D eigenvalue weighted by atomic mass is 9.92. The van der Waals surface area contributed by atoms with Crippen LogP contribution in [0.2, 0.25) is 0 Å². The first-order valence-corrected chi connectivity index (χ1v) is 22.6. The van der Waals surface area contributed by atoms with Crippen LogP contribution in [0.5, 0.6) is 0 Å². The van der Waals surface area contributed by atoms with Crippen molar-refractivity contribution in [1.82, 2.24) is 4.98 Å². The molecular weight excluding hydrogens is 888 g/mol. The molecule has 0 aliphatic carbocycles. The van der Waals surface area contributed by atoms with Gasteiger partial charge in [-0.25, -0.2) is 4.98 Å². The molecule has 9 aromatic carbocycles. The third kappa shape index (κ3) is 8.76. The van der Waals surface area contributed by atoms with Crippen LogP contribution in [-0.4, -0.2) is 10.7 Å². The lowest BCUT2D eigenvalue weighted by Gasteiger charge is -2.14. The fourth-order valence-corrected chi connectivity index (χ4v) is 9.08. The second kappa shape index (κ2) is 18.5. The third-order valence-electron chi connectivity index (χ3n) is 11.8. The molecule has 0 atom stereocenters. The summed E-state index contributed by atoms with van der Waals surface area (Å²) in [5.41, 5.74) is 17.6. The molecule has 0 amide bonds. The molecule has 0 saturated carbocycles. The van der Waals surface area contributed by atoms with Gasteiger partial charge in [-0.05, 0) is 143 Å². The Kier molecular flexibility index (Phi) is 11.7. The van der Waals surface area contributed by atoms with Crippen molar-refractivity contribution in [3.63, 3.8) is 0 Å². The van der Waals surface area contributed by atoms with Crippen molar-refractivity contribution in [3.8, 4) is 55.8 Å². The van der Waals surface area contributed by atoms with Crippen molar-refractivity contribution in [2.45, 2.75) is 6.42 Å². The maximum atomic E-state index is 5.25. The SMILES string of the molecule is C=C(I)/C(=C/CC(=Nc1ccccc1)c1ccc(-c2ccc3c(ccc4nc(-c5ccccc5)cc(-c5ccccc5)c43)c2)cc1)c1cc(-c2ccccc2)cc(-c2ccccc2)c1. The topological polar surface area (TPSA) is 25.2 Å². The average molecular weight is 931 g/mol. The minimum atomic E-state index is 0.620. The lowest BCUT2D eigenvalue weighted by Crippen LogP contribution is -2.00. The predicted octanol–water partition coefficient (Wildman–Crippen LogP) is 17.3. The third-order valence-corrected chi connectivity index (χ3v) is 12.3. The summed E-state index contributed by atoms with van der Waals surface area (Å²) >= 11 is 2.37. The average Bonchev–Trinajstić information content (AvgIpc) is 3.36. The van der Waals surface area contributed by atoms with E-state index in [1.807, 2.05) is 24.3 Å². The second-order valence-electron chi connectivity index (χ2n) is 15.9. The molecule has 10 rings (SSSR count). The maximum Gasteiger partial charge on any atom is 0.0722 e. The van der Waals surface area contributed by atoms with Gasteiger partial charge in [0.2, 0.25) is 0 Å². The van der Waals surface area contributed by atoms with Crippen LogP contribution in [0.1, 0.15) is 17.5 Å². The van der Waals surface area contributed by atoms with E-state index in [9.17, 15) is 0 Å². The predicted molar refractivity (Wildman–Crippen MR) is 281 cm³/mol. The van der Waals surface area contributed by atoms with Crippen LogP contribution in [0, 0.1) is 0 Å². The highest BCUT2D eigenvalue weighted by atomic mass is 127. The van der Waals surface area contributed by atoms with E-state index < -0.39 is 0 Å². The molecule has 304 valence electrons. The minimum Gasteiger partial charge on any atom is -0.253 e. The van der Waals surface area contributed by atoms with E-state index in [2.05, 4.69) is 242 Å². The van der Waals surface area contributed by atoms with E-state index in [0.717, 1.165) is 65.0 Å². The molecular formula is C61H43IN2. The largest absolute Gasteiger partial charge is 0.253 e. The van der Waals surface area contributed by atoms with Gasteiger partial charge in [0.25, 0.3) is 0 Å². The molecule has 0 fully saturated rings. The Morgan fingerprint density at radius 3 is 1.59 bits per heavy atom. The van der Waals surface area contributed by atoms with Gasteiger partial charge in [0.05, 0.1) is 22.6 Å². The molecule has 1 aromatic heterocycles. The normalized spacial score (nSPS) is 11.8. The second-order valence-corrected chi connectivity index (χ2v) is 17.2. The first-order valence-electron chi connectivity index (χ1n) is 21.6. The van der Waals surface area contributed by atoms with Gasteiger partial charge in [0.15, 0.2) is 0 Å². The first kappa shape index (κ1) is 40.6. The molecule has 2 nitrogen and oxygen atoms in total. The van der Waals surface area contributed by atoms with Gasteiger partial charge < -0.3 is 0 Å². The Hall–Kier alpha value is -7.47. The summed E-state index contributed by atoms with van der Waals surface area (Å²) in [6.07, 6.45) is 2.91. The number of fused-ring (bicyclic) bond motifs is 3. The highest BCUT2D eigenvalue weighted by molar-refractivity contribution is 14.1. The van der Waals surface area contributed by atoms with Crippen molar-refractivity contribution in [3.05, 3.63) is 258 Å². The number of benzene rings is 9. The summed E-state index contributed by atoms with van der Waals surface area (Å²) in [6, 6.07) is 81.7. The van der Waals surface area contributed by atoms with Crippen molar-refractivity contribution in [2.24, 2.45) is 4.99 Å². The number of pyridine rings is 1. The van der Waals surface area contributed by atoms with Crippen LogP contribution in [0.25, 0.3) is 83.0 Å².